The molecule has 0 saturated carbocycles. The van der Waals surface area contributed by atoms with E-state index in [2.05, 4.69) is 29.0 Å². The number of amides is 1. The fraction of sp³-hybridized carbons (Fsp3) is 0.167. The third-order valence-electron chi connectivity index (χ3n) is 4.06. The Morgan fingerprint density at radius 2 is 1.86 bits per heavy atom. The van der Waals surface area contributed by atoms with Gasteiger partial charge in [0.05, 0.1) is 6.04 Å². The molecule has 2 aromatic heterocycles. The van der Waals surface area contributed by atoms with Crippen LogP contribution in [0.25, 0.3) is 0 Å². The van der Waals surface area contributed by atoms with Crippen LogP contribution in [0.15, 0.2) is 59.3 Å². The number of carbonyl (C=O) groups is 1. The molecule has 0 aliphatic carbocycles. The Hall–Kier alpha value is -1.91. The summed E-state index contributed by atoms with van der Waals surface area (Å²) in [5.41, 5.74) is 2.06. The molecular weight excluding hydrogens is 310 g/mol. The number of thiophene rings is 2. The van der Waals surface area contributed by atoms with Crippen LogP contribution in [0.4, 0.5) is 0 Å². The zero-order chi connectivity index (χ0) is 14.9. The largest absolute Gasteiger partial charge is 0.326 e. The van der Waals surface area contributed by atoms with Gasteiger partial charge in [0.25, 0.3) is 5.91 Å². The summed E-state index contributed by atoms with van der Waals surface area (Å²) in [6.07, 6.45) is 0.952. The van der Waals surface area contributed by atoms with E-state index in [1.807, 2.05) is 35.2 Å². The topological polar surface area (TPSA) is 20.3 Å². The van der Waals surface area contributed by atoms with Gasteiger partial charge in [0.15, 0.2) is 0 Å². The Kier molecular flexibility index (Phi) is 3.56. The number of carbonyl (C=O) groups excluding carboxylic acids is 1. The van der Waals surface area contributed by atoms with Crippen molar-refractivity contribution >= 4 is 28.6 Å². The van der Waals surface area contributed by atoms with Gasteiger partial charge < -0.3 is 4.90 Å². The lowest BCUT2D eigenvalue weighted by atomic mass is 9.97. The highest BCUT2D eigenvalue weighted by atomic mass is 32.1. The summed E-state index contributed by atoms with van der Waals surface area (Å²) in [4.78, 5) is 17.6. The van der Waals surface area contributed by atoms with Gasteiger partial charge in [-0.1, -0.05) is 24.3 Å². The first-order valence-electron chi connectivity index (χ1n) is 7.30. The van der Waals surface area contributed by atoms with Crippen LogP contribution >= 0.6 is 22.7 Å². The Labute approximate surface area is 137 Å². The second-order valence-electron chi connectivity index (χ2n) is 5.33. The molecule has 0 bridgehead atoms. The fourth-order valence-corrected chi connectivity index (χ4v) is 4.79. The zero-order valence-corrected chi connectivity index (χ0v) is 13.6. The van der Waals surface area contributed by atoms with Crippen LogP contribution < -0.4 is 0 Å². The van der Waals surface area contributed by atoms with Crippen LogP contribution in [0.5, 0.6) is 0 Å². The number of rotatable bonds is 2. The molecule has 0 spiro atoms. The van der Waals surface area contributed by atoms with Crippen LogP contribution in [-0.4, -0.2) is 17.4 Å². The molecule has 1 aromatic carbocycles. The Morgan fingerprint density at radius 1 is 1.00 bits per heavy atom. The third kappa shape index (κ3) is 2.28. The van der Waals surface area contributed by atoms with Gasteiger partial charge in [-0.15, -0.1) is 22.7 Å². The summed E-state index contributed by atoms with van der Waals surface area (Å²) in [5, 5.41) is 4.23. The van der Waals surface area contributed by atoms with Gasteiger partial charge in [-0.05, 0) is 47.0 Å². The molecule has 3 heterocycles. The molecule has 0 radical (unpaired) electrons. The molecule has 22 heavy (non-hydrogen) atoms. The molecule has 0 saturated heterocycles. The maximum absolute atomic E-state index is 13.0. The van der Waals surface area contributed by atoms with Crippen molar-refractivity contribution in [2.45, 2.75) is 12.5 Å². The van der Waals surface area contributed by atoms with Crippen LogP contribution in [-0.2, 0) is 6.42 Å². The highest BCUT2D eigenvalue weighted by Crippen LogP contribution is 2.40. The average Bonchev–Trinajstić information content (AvgIpc) is 3.25. The highest BCUT2D eigenvalue weighted by molar-refractivity contribution is 7.10. The molecule has 0 N–H and O–H groups in total. The third-order valence-corrected chi connectivity index (χ3v) is 5.98. The maximum Gasteiger partial charge on any atom is 0.254 e. The predicted molar refractivity (Wildman–Crippen MR) is 91.7 cm³/mol. The first kappa shape index (κ1) is 13.7. The lowest BCUT2D eigenvalue weighted by molar-refractivity contribution is 0.0699. The quantitative estimate of drug-likeness (QED) is 0.674. The molecule has 1 aliphatic heterocycles. The standard InChI is InChI=1S/C18H15NOS2/c20-18(13-5-2-1-3-6-13)19-10-8-15-14(9-12-22-15)17(19)16-7-4-11-21-16/h1-7,9,11-12,17H,8,10H2/t17-/m0/s1. The number of hydrogen-bond donors (Lipinski definition) is 0. The van der Waals surface area contributed by atoms with Crippen molar-refractivity contribution in [3.05, 3.63) is 80.2 Å². The number of fused-ring (bicyclic) bond motifs is 1. The Balaban J connectivity index is 1.77. The number of benzene rings is 1. The molecule has 1 amide bonds. The van der Waals surface area contributed by atoms with E-state index in [0.29, 0.717) is 0 Å². The van der Waals surface area contributed by atoms with Crippen LogP contribution in [0.3, 0.4) is 0 Å². The van der Waals surface area contributed by atoms with Crippen molar-refractivity contribution in [2.75, 3.05) is 6.54 Å². The Bertz CT molecular complexity index is 777. The minimum atomic E-state index is 0.0581. The van der Waals surface area contributed by atoms with Crippen molar-refractivity contribution < 1.29 is 4.79 Å². The van der Waals surface area contributed by atoms with Crippen LogP contribution in [0.1, 0.15) is 31.7 Å². The lowest BCUT2D eigenvalue weighted by Crippen LogP contribution is -2.39. The van der Waals surface area contributed by atoms with E-state index in [4.69, 9.17) is 0 Å². The van der Waals surface area contributed by atoms with Crippen molar-refractivity contribution in [1.29, 1.82) is 0 Å². The second kappa shape index (κ2) is 5.71. The van der Waals surface area contributed by atoms with E-state index in [9.17, 15) is 4.79 Å². The van der Waals surface area contributed by atoms with Gasteiger partial charge in [0.1, 0.15) is 0 Å². The Morgan fingerprint density at radius 3 is 2.64 bits per heavy atom. The molecule has 1 atom stereocenters. The van der Waals surface area contributed by atoms with Gasteiger partial charge in [0.2, 0.25) is 0 Å². The van der Waals surface area contributed by atoms with Crippen LogP contribution in [0.2, 0.25) is 0 Å². The first-order chi connectivity index (χ1) is 10.8. The van der Waals surface area contributed by atoms with Crippen LogP contribution in [0, 0.1) is 0 Å². The first-order valence-corrected chi connectivity index (χ1v) is 9.06. The summed E-state index contributed by atoms with van der Waals surface area (Å²) in [5.74, 6) is 0.121. The van der Waals surface area contributed by atoms with Gasteiger partial charge in [-0.3, -0.25) is 4.79 Å². The molecule has 3 aromatic rings. The molecule has 0 unspecified atom stereocenters. The van der Waals surface area contributed by atoms with E-state index in [-0.39, 0.29) is 11.9 Å². The zero-order valence-electron chi connectivity index (χ0n) is 11.9. The minimum Gasteiger partial charge on any atom is -0.326 e. The average molecular weight is 325 g/mol. The van der Waals surface area contributed by atoms with Gasteiger partial charge in [-0.2, -0.15) is 0 Å². The normalized spacial score (nSPS) is 17.3. The summed E-state index contributed by atoms with van der Waals surface area (Å²) >= 11 is 3.53. The summed E-state index contributed by atoms with van der Waals surface area (Å²) in [6.45, 7) is 0.782. The van der Waals surface area contributed by atoms with E-state index >= 15 is 0 Å². The number of nitrogens with zero attached hydrogens (tertiary/aromatic N) is 1. The SMILES string of the molecule is O=C(c1ccccc1)N1CCc2sccc2[C@H]1c1cccs1. The lowest BCUT2D eigenvalue weighted by Gasteiger charge is -2.35. The van der Waals surface area contributed by atoms with Crippen molar-refractivity contribution in [3.63, 3.8) is 0 Å². The van der Waals surface area contributed by atoms with Gasteiger partial charge in [-0.25, -0.2) is 0 Å². The van der Waals surface area contributed by atoms with Crippen molar-refractivity contribution in [1.82, 2.24) is 4.90 Å². The molecule has 4 heteroatoms. The summed E-state index contributed by atoms with van der Waals surface area (Å²) in [6, 6.07) is 16.0. The maximum atomic E-state index is 13.0. The van der Waals surface area contributed by atoms with Gasteiger partial charge >= 0.3 is 0 Å². The molecule has 4 rings (SSSR count). The molecule has 110 valence electrons. The number of hydrogen-bond acceptors (Lipinski definition) is 3. The molecule has 0 fully saturated rings. The van der Waals surface area contributed by atoms with E-state index < -0.39 is 0 Å². The smallest absolute Gasteiger partial charge is 0.254 e. The minimum absolute atomic E-state index is 0.0581. The molecule has 1 aliphatic rings. The van der Waals surface area contributed by atoms with Crippen molar-refractivity contribution in [3.8, 4) is 0 Å². The fourth-order valence-electron chi connectivity index (χ4n) is 3.04. The second-order valence-corrected chi connectivity index (χ2v) is 7.31. The molecular formula is C18H15NOS2. The predicted octanol–water partition coefficient (Wildman–Crippen LogP) is 4.60. The van der Waals surface area contributed by atoms with E-state index in [1.165, 1.54) is 15.3 Å². The van der Waals surface area contributed by atoms with E-state index in [0.717, 1.165) is 18.5 Å². The monoisotopic (exact) mass is 325 g/mol. The molecule has 2 nitrogen and oxygen atoms in total. The summed E-state index contributed by atoms with van der Waals surface area (Å²) < 4.78 is 0. The summed E-state index contributed by atoms with van der Waals surface area (Å²) in [7, 11) is 0. The van der Waals surface area contributed by atoms with Gasteiger partial charge in [0, 0.05) is 21.9 Å². The van der Waals surface area contributed by atoms with E-state index in [1.54, 1.807) is 22.7 Å². The highest BCUT2D eigenvalue weighted by Gasteiger charge is 2.33. The van der Waals surface area contributed by atoms with Crippen molar-refractivity contribution in [2.24, 2.45) is 0 Å².